The molecule has 0 saturated carbocycles. The van der Waals surface area contributed by atoms with Crippen molar-refractivity contribution in [3.8, 4) is 11.5 Å². The van der Waals surface area contributed by atoms with Gasteiger partial charge >= 0.3 is 12.7 Å². The van der Waals surface area contributed by atoms with Gasteiger partial charge in [0.05, 0.1) is 10.2 Å². The average Bonchev–Trinajstić information content (AvgIpc) is 2.58. The molecule has 0 bridgehead atoms. The molecular formula is C17H11BrF6N2O2. The molecular weight excluding hydrogens is 458 g/mol. The molecule has 0 saturated heterocycles. The summed E-state index contributed by atoms with van der Waals surface area (Å²) < 4.78 is 80.5. The van der Waals surface area contributed by atoms with Crippen LogP contribution in [0.5, 0.6) is 11.5 Å². The van der Waals surface area contributed by atoms with Gasteiger partial charge in [-0.1, -0.05) is 0 Å². The molecule has 1 N–H and O–H groups in total. The first kappa shape index (κ1) is 21.6. The highest BCUT2D eigenvalue weighted by atomic mass is 79.9. The standard InChI is InChI=1S/C17H11BrF6N2O2/c18-11(9-25-12-1-5-14(6-2-12)27-16(19,20)21)10-26-13-3-7-15(8-4-13)28-17(22,23)24/h1-10,25H/b11-9+,26-10?. The fourth-order valence-electron chi connectivity index (χ4n) is 1.81. The van der Waals surface area contributed by atoms with Gasteiger partial charge in [0.25, 0.3) is 0 Å². The van der Waals surface area contributed by atoms with Gasteiger partial charge in [0.1, 0.15) is 11.5 Å². The Morgan fingerprint density at radius 2 is 1.29 bits per heavy atom. The summed E-state index contributed by atoms with van der Waals surface area (Å²) >= 11 is 3.20. The van der Waals surface area contributed by atoms with Crippen LogP contribution >= 0.6 is 15.9 Å². The van der Waals surface area contributed by atoms with Crippen molar-refractivity contribution in [2.24, 2.45) is 4.99 Å². The number of hydrogen-bond donors (Lipinski definition) is 1. The number of rotatable bonds is 6. The molecule has 0 aromatic heterocycles. The third kappa shape index (κ3) is 8.33. The van der Waals surface area contributed by atoms with E-state index in [9.17, 15) is 26.3 Å². The second-order valence-corrected chi connectivity index (χ2v) is 5.96. The molecule has 28 heavy (non-hydrogen) atoms. The van der Waals surface area contributed by atoms with Crippen LogP contribution < -0.4 is 14.8 Å². The molecule has 11 heteroatoms. The summed E-state index contributed by atoms with van der Waals surface area (Å²) in [5.74, 6) is -0.707. The topological polar surface area (TPSA) is 42.8 Å². The van der Waals surface area contributed by atoms with Gasteiger partial charge in [-0.2, -0.15) is 0 Å². The summed E-state index contributed by atoms with van der Waals surface area (Å²) in [6, 6.07) is 9.99. The van der Waals surface area contributed by atoms with Crippen molar-refractivity contribution >= 4 is 33.5 Å². The molecule has 2 rings (SSSR count). The molecule has 0 radical (unpaired) electrons. The van der Waals surface area contributed by atoms with Crippen molar-refractivity contribution < 1.29 is 35.8 Å². The lowest BCUT2D eigenvalue weighted by Crippen LogP contribution is -2.16. The van der Waals surface area contributed by atoms with Crippen LogP contribution in [0, 0.1) is 0 Å². The van der Waals surface area contributed by atoms with E-state index in [1.165, 1.54) is 36.7 Å². The number of nitrogens with zero attached hydrogens (tertiary/aromatic N) is 1. The largest absolute Gasteiger partial charge is 0.573 e. The number of aliphatic imine (C=N–C) groups is 1. The van der Waals surface area contributed by atoms with Gasteiger partial charge in [0.15, 0.2) is 0 Å². The molecule has 4 nitrogen and oxygen atoms in total. The Bertz CT molecular complexity index is 831. The van der Waals surface area contributed by atoms with Crippen LogP contribution in [0.2, 0.25) is 0 Å². The van der Waals surface area contributed by atoms with Crippen molar-refractivity contribution in [1.82, 2.24) is 0 Å². The maximum Gasteiger partial charge on any atom is 0.573 e. The highest BCUT2D eigenvalue weighted by Gasteiger charge is 2.31. The lowest BCUT2D eigenvalue weighted by molar-refractivity contribution is -0.275. The molecule has 0 aliphatic carbocycles. The Morgan fingerprint density at radius 3 is 1.75 bits per heavy atom. The number of halogens is 7. The quantitative estimate of drug-likeness (QED) is 0.386. The van der Waals surface area contributed by atoms with Crippen molar-refractivity contribution in [3.63, 3.8) is 0 Å². The SMILES string of the molecule is FC(F)(F)Oc1ccc(N=C/C(Br)=C\Nc2ccc(OC(F)(F)F)cc2)cc1. The molecule has 0 amide bonds. The first-order chi connectivity index (χ1) is 13.0. The smallest absolute Gasteiger partial charge is 0.406 e. The van der Waals surface area contributed by atoms with Crippen molar-refractivity contribution in [1.29, 1.82) is 0 Å². The fraction of sp³-hybridized carbons (Fsp3) is 0.118. The second-order valence-electron chi connectivity index (χ2n) is 5.05. The Morgan fingerprint density at radius 1 is 0.821 bits per heavy atom. The number of hydrogen-bond acceptors (Lipinski definition) is 4. The second kappa shape index (κ2) is 9.00. The van der Waals surface area contributed by atoms with Gasteiger partial charge in [-0.05, 0) is 64.5 Å². The van der Waals surface area contributed by atoms with E-state index in [-0.39, 0.29) is 11.5 Å². The van der Waals surface area contributed by atoms with E-state index in [2.05, 4.69) is 35.7 Å². The van der Waals surface area contributed by atoms with E-state index < -0.39 is 12.7 Å². The fourth-order valence-corrected chi connectivity index (χ4v) is 2.03. The van der Waals surface area contributed by atoms with E-state index >= 15 is 0 Å². The molecule has 0 fully saturated rings. The molecule has 0 unspecified atom stereocenters. The lowest BCUT2D eigenvalue weighted by Gasteiger charge is -2.09. The summed E-state index contributed by atoms with van der Waals surface area (Å²) in [6.45, 7) is 0. The first-order valence-corrected chi connectivity index (χ1v) is 8.17. The Labute approximate surface area is 163 Å². The average molecular weight is 469 g/mol. The summed E-state index contributed by atoms with van der Waals surface area (Å²) in [7, 11) is 0. The minimum atomic E-state index is -4.76. The third-order valence-electron chi connectivity index (χ3n) is 2.87. The molecule has 0 aliphatic heterocycles. The number of allylic oxidation sites excluding steroid dienone is 1. The Balaban J connectivity index is 1.91. The van der Waals surface area contributed by atoms with Crippen LogP contribution in [0.15, 0.2) is 64.2 Å². The normalized spacial score (nSPS) is 12.9. The molecule has 0 aliphatic rings. The first-order valence-electron chi connectivity index (χ1n) is 7.38. The highest BCUT2D eigenvalue weighted by Crippen LogP contribution is 2.26. The van der Waals surface area contributed by atoms with Gasteiger partial charge in [0, 0.05) is 18.1 Å². The Kier molecular flexibility index (Phi) is 6.95. The minimum Gasteiger partial charge on any atom is -0.406 e. The summed E-state index contributed by atoms with van der Waals surface area (Å²) in [5, 5.41) is 2.82. The van der Waals surface area contributed by atoms with Gasteiger partial charge in [-0.25, -0.2) is 0 Å². The van der Waals surface area contributed by atoms with Crippen molar-refractivity contribution in [2.75, 3.05) is 5.32 Å². The lowest BCUT2D eigenvalue weighted by atomic mass is 10.3. The monoisotopic (exact) mass is 468 g/mol. The summed E-state index contributed by atoms with van der Waals surface area (Å²) in [4.78, 5) is 4.05. The zero-order valence-corrected chi connectivity index (χ0v) is 15.3. The Hall–Kier alpha value is -2.69. The zero-order valence-electron chi connectivity index (χ0n) is 13.7. The summed E-state index contributed by atoms with van der Waals surface area (Å²) in [6.07, 6.45) is -6.66. The number of benzene rings is 2. The van der Waals surface area contributed by atoms with Crippen LogP contribution in [0.3, 0.4) is 0 Å². The van der Waals surface area contributed by atoms with E-state index in [0.29, 0.717) is 15.9 Å². The number of ether oxygens (including phenoxy) is 2. The minimum absolute atomic E-state index is 0.347. The van der Waals surface area contributed by atoms with E-state index in [4.69, 9.17) is 0 Å². The number of alkyl halides is 6. The van der Waals surface area contributed by atoms with Crippen LogP contribution in [-0.4, -0.2) is 18.9 Å². The number of nitrogens with one attached hydrogen (secondary N) is 1. The zero-order chi connectivity index (χ0) is 20.8. The van der Waals surface area contributed by atoms with Crippen LogP contribution in [0.1, 0.15) is 0 Å². The predicted molar refractivity (Wildman–Crippen MR) is 95.0 cm³/mol. The molecule has 0 atom stereocenters. The molecule has 0 spiro atoms. The number of anilines is 1. The predicted octanol–water partition coefficient (Wildman–Crippen LogP) is 6.53. The molecule has 150 valence electrons. The van der Waals surface area contributed by atoms with Gasteiger partial charge in [0.2, 0.25) is 0 Å². The third-order valence-corrected chi connectivity index (χ3v) is 3.31. The van der Waals surface area contributed by atoms with Crippen LogP contribution in [-0.2, 0) is 0 Å². The van der Waals surface area contributed by atoms with E-state index in [1.54, 1.807) is 0 Å². The van der Waals surface area contributed by atoms with E-state index in [1.807, 2.05) is 0 Å². The van der Waals surface area contributed by atoms with Gasteiger partial charge < -0.3 is 14.8 Å². The van der Waals surface area contributed by atoms with E-state index in [0.717, 1.165) is 24.3 Å². The molecule has 0 heterocycles. The van der Waals surface area contributed by atoms with Gasteiger partial charge in [-0.3, -0.25) is 4.99 Å². The van der Waals surface area contributed by atoms with Crippen molar-refractivity contribution in [3.05, 3.63) is 59.2 Å². The highest BCUT2D eigenvalue weighted by molar-refractivity contribution is 9.12. The van der Waals surface area contributed by atoms with Crippen LogP contribution in [0.4, 0.5) is 37.7 Å². The maximum absolute atomic E-state index is 12.1. The van der Waals surface area contributed by atoms with Crippen molar-refractivity contribution in [2.45, 2.75) is 12.7 Å². The van der Waals surface area contributed by atoms with Gasteiger partial charge in [-0.15, -0.1) is 26.3 Å². The maximum atomic E-state index is 12.1. The molecule has 2 aromatic rings. The van der Waals surface area contributed by atoms with Crippen LogP contribution in [0.25, 0.3) is 0 Å². The summed E-state index contributed by atoms with van der Waals surface area (Å²) in [5.41, 5.74) is 0.877. The molecule has 2 aromatic carbocycles.